The molecule has 0 amide bonds. The van der Waals surface area contributed by atoms with E-state index in [0.717, 1.165) is 36.2 Å². The molecule has 0 aromatic heterocycles. The quantitative estimate of drug-likeness (QED) is 0.767. The molecule has 0 spiro atoms. The van der Waals surface area contributed by atoms with Gasteiger partial charge in [-0.3, -0.25) is 0 Å². The maximum atomic E-state index is 9.43. The third kappa shape index (κ3) is 4.13. The molecule has 2 aliphatic rings. The lowest BCUT2D eigenvalue weighted by molar-refractivity contribution is 0.131. The molecule has 2 saturated carbocycles. The molecule has 94 valence electrons. The van der Waals surface area contributed by atoms with Crippen molar-refractivity contribution in [2.24, 2.45) is 0 Å². The lowest BCUT2D eigenvalue weighted by atomic mass is 9.97. The summed E-state index contributed by atoms with van der Waals surface area (Å²) in [4.78, 5) is 0. The van der Waals surface area contributed by atoms with Crippen LogP contribution >= 0.6 is 21.6 Å². The molecule has 0 heterocycles. The lowest BCUT2D eigenvalue weighted by Gasteiger charge is -2.28. The maximum absolute atomic E-state index is 9.43. The summed E-state index contributed by atoms with van der Waals surface area (Å²) in [6, 6.07) is 0. The van der Waals surface area contributed by atoms with E-state index >= 15 is 0 Å². The fraction of sp³-hybridized carbons (Fsp3) is 1.00. The van der Waals surface area contributed by atoms with Crippen molar-refractivity contribution in [2.45, 2.75) is 74.1 Å². The molecule has 2 fully saturated rings. The van der Waals surface area contributed by atoms with Crippen molar-refractivity contribution < 1.29 is 10.2 Å². The molecule has 4 heteroatoms. The molecule has 0 aliphatic heterocycles. The van der Waals surface area contributed by atoms with Gasteiger partial charge in [-0.2, -0.15) is 0 Å². The third-order valence-electron chi connectivity index (χ3n) is 3.62. The molecule has 0 unspecified atom stereocenters. The summed E-state index contributed by atoms with van der Waals surface area (Å²) < 4.78 is 0. The Kier molecular flexibility index (Phi) is 5.33. The monoisotopic (exact) mass is 262 g/mol. The minimum absolute atomic E-state index is 0.0355. The van der Waals surface area contributed by atoms with Gasteiger partial charge in [-0.25, -0.2) is 0 Å². The zero-order chi connectivity index (χ0) is 11.4. The van der Waals surface area contributed by atoms with Crippen LogP contribution in [0.3, 0.4) is 0 Å². The molecule has 0 aromatic carbocycles. The Morgan fingerprint density at radius 1 is 0.562 bits per heavy atom. The summed E-state index contributed by atoms with van der Waals surface area (Å²) in [6.07, 6.45) is 8.58. The van der Waals surface area contributed by atoms with Crippen LogP contribution in [-0.2, 0) is 0 Å². The summed E-state index contributed by atoms with van der Waals surface area (Å²) >= 11 is 0. The molecule has 0 aromatic rings. The minimum atomic E-state index is -0.0355. The van der Waals surface area contributed by atoms with Crippen LogP contribution in [0, 0.1) is 0 Å². The summed E-state index contributed by atoms with van der Waals surface area (Å²) in [5.41, 5.74) is 0. The van der Waals surface area contributed by atoms with E-state index in [9.17, 15) is 10.2 Å². The van der Waals surface area contributed by atoms with Crippen LogP contribution in [0.25, 0.3) is 0 Å². The molecular formula is C12H22O2S2. The highest BCUT2D eigenvalue weighted by atomic mass is 33.1. The van der Waals surface area contributed by atoms with Gasteiger partial charge in [-0.1, -0.05) is 21.6 Å². The van der Waals surface area contributed by atoms with E-state index in [1.165, 1.54) is 25.7 Å². The predicted octanol–water partition coefficient (Wildman–Crippen LogP) is 2.97. The smallest absolute Gasteiger partial charge is 0.0541 e. The Bertz CT molecular complexity index is 175. The van der Waals surface area contributed by atoms with Crippen LogP contribution in [-0.4, -0.2) is 32.9 Å². The number of hydrogen-bond donors (Lipinski definition) is 2. The third-order valence-corrected chi connectivity index (χ3v) is 7.18. The highest BCUT2D eigenvalue weighted by molar-refractivity contribution is 8.77. The molecular weight excluding hydrogens is 240 g/mol. The zero-order valence-corrected chi connectivity index (χ0v) is 11.3. The van der Waals surface area contributed by atoms with E-state index in [2.05, 4.69) is 0 Å². The van der Waals surface area contributed by atoms with Gasteiger partial charge in [0.05, 0.1) is 12.2 Å². The van der Waals surface area contributed by atoms with Crippen molar-refractivity contribution in [3.05, 3.63) is 0 Å². The van der Waals surface area contributed by atoms with Crippen LogP contribution < -0.4 is 0 Å². The van der Waals surface area contributed by atoms with E-state index in [0.29, 0.717) is 0 Å². The number of aliphatic hydroxyl groups is 2. The highest BCUT2D eigenvalue weighted by Crippen LogP contribution is 2.42. The Labute approximate surface area is 106 Å². The number of rotatable bonds is 3. The second-order valence-corrected chi connectivity index (χ2v) is 7.93. The molecule has 0 radical (unpaired) electrons. The molecule has 0 atom stereocenters. The average Bonchev–Trinajstić information content (AvgIpc) is 2.30. The number of aliphatic hydroxyl groups excluding tert-OH is 2. The SMILES string of the molecule is OC1CCC(SSC2CCC(O)CC2)CC1. The molecule has 0 saturated heterocycles. The van der Waals surface area contributed by atoms with Crippen molar-refractivity contribution in [3.8, 4) is 0 Å². The summed E-state index contributed by atoms with van der Waals surface area (Å²) in [7, 11) is 4.06. The standard InChI is InChI=1S/C12H22O2S2/c13-9-1-5-11(6-2-9)15-16-12-7-3-10(14)4-8-12/h9-14H,1-8H2. The van der Waals surface area contributed by atoms with Gasteiger partial charge in [-0.05, 0) is 51.4 Å². The van der Waals surface area contributed by atoms with E-state index in [1.807, 2.05) is 21.6 Å². The summed E-state index contributed by atoms with van der Waals surface area (Å²) in [5.74, 6) is 0. The van der Waals surface area contributed by atoms with Crippen LogP contribution in [0.15, 0.2) is 0 Å². The van der Waals surface area contributed by atoms with E-state index in [-0.39, 0.29) is 12.2 Å². The van der Waals surface area contributed by atoms with Crippen molar-refractivity contribution in [1.29, 1.82) is 0 Å². The maximum Gasteiger partial charge on any atom is 0.0541 e. The molecule has 0 bridgehead atoms. The molecule has 16 heavy (non-hydrogen) atoms. The Hall–Kier alpha value is 0.620. The first-order valence-corrected chi connectivity index (χ1v) is 8.70. The highest BCUT2D eigenvalue weighted by Gasteiger charge is 2.24. The van der Waals surface area contributed by atoms with Gasteiger partial charge in [0.2, 0.25) is 0 Å². The van der Waals surface area contributed by atoms with E-state index in [1.54, 1.807) is 0 Å². The van der Waals surface area contributed by atoms with Crippen molar-refractivity contribution >= 4 is 21.6 Å². The largest absolute Gasteiger partial charge is 0.393 e. The van der Waals surface area contributed by atoms with Gasteiger partial charge in [0.1, 0.15) is 0 Å². The van der Waals surface area contributed by atoms with Gasteiger partial charge in [0, 0.05) is 10.5 Å². The lowest BCUT2D eigenvalue weighted by Crippen LogP contribution is -2.21. The normalized spacial score (nSPS) is 40.9. The fourth-order valence-electron chi connectivity index (χ4n) is 2.44. The minimum Gasteiger partial charge on any atom is -0.393 e. The van der Waals surface area contributed by atoms with Crippen LogP contribution in [0.2, 0.25) is 0 Å². The average molecular weight is 262 g/mol. The van der Waals surface area contributed by atoms with Crippen molar-refractivity contribution in [2.75, 3.05) is 0 Å². The first kappa shape index (κ1) is 13.1. The first-order chi connectivity index (χ1) is 7.74. The fourth-order valence-corrected chi connectivity index (χ4v) is 5.78. The molecule has 2 rings (SSSR count). The van der Waals surface area contributed by atoms with Gasteiger partial charge >= 0.3 is 0 Å². The van der Waals surface area contributed by atoms with Gasteiger partial charge < -0.3 is 10.2 Å². The van der Waals surface area contributed by atoms with Gasteiger partial charge in [-0.15, -0.1) is 0 Å². The summed E-state index contributed by atoms with van der Waals surface area (Å²) in [5, 5.41) is 20.4. The topological polar surface area (TPSA) is 40.5 Å². The Balaban J connectivity index is 1.60. The van der Waals surface area contributed by atoms with Crippen LogP contribution in [0.5, 0.6) is 0 Å². The van der Waals surface area contributed by atoms with Crippen LogP contribution in [0.4, 0.5) is 0 Å². The van der Waals surface area contributed by atoms with Gasteiger partial charge in [0.15, 0.2) is 0 Å². The predicted molar refractivity (Wildman–Crippen MR) is 71.7 cm³/mol. The van der Waals surface area contributed by atoms with E-state index in [4.69, 9.17) is 0 Å². The van der Waals surface area contributed by atoms with Crippen molar-refractivity contribution in [1.82, 2.24) is 0 Å². The van der Waals surface area contributed by atoms with Crippen molar-refractivity contribution in [3.63, 3.8) is 0 Å². The second-order valence-electron chi connectivity index (χ2n) is 5.05. The molecule has 2 aliphatic carbocycles. The molecule has 2 nitrogen and oxygen atoms in total. The van der Waals surface area contributed by atoms with Crippen LogP contribution in [0.1, 0.15) is 51.4 Å². The summed E-state index contributed by atoms with van der Waals surface area (Å²) in [6.45, 7) is 0. The Morgan fingerprint density at radius 3 is 1.19 bits per heavy atom. The zero-order valence-electron chi connectivity index (χ0n) is 9.68. The first-order valence-electron chi connectivity index (χ1n) is 6.42. The second kappa shape index (κ2) is 6.53. The molecule has 2 N–H and O–H groups in total. The number of hydrogen-bond acceptors (Lipinski definition) is 4. The van der Waals surface area contributed by atoms with E-state index < -0.39 is 0 Å². The van der Waals surface area contributed by atoms with Gasteiger partial charge in [0.25, 0.3) is 0 Å². The Morgan fingerprint density at radius 2 is 0.875 bits per heavy atom.